The van der Waals surface area contributed by atoms with E-state index in [1.165, 1.54) is 0 Å². The molecule has 3 atom stereocenters. The number of aliphatic hydroxyl groups excluding tert-OH is 1. The van der Waals surface area contributed by atoms with Gasteiger partial charge >= 0.3 is 0 Å². The van der Waals surface area contributed by atoms with Crippen LogP contribution in [-0.2, 0) is 32.2 Å². The number of aliphatic hydroxyl groups is 1. The van der Waals surface area contributed by atoms with Gasteiger partial charge in [0.2, 0.25) is 11.8 Å². The number of ether oxygens (including phenoxy) is 2. The maximum Gasteiger partial charge on any atom is 0.243 e. The largest absolute Gasteiger partial charge is 0.392 e. The van der Waals surface area contributed by atoms with E-state index in [-0.39, 0.29) is 37.0 Å². The highest BCUT2D eigenvalue weighted by atomic mass is 32.2. The molecule has 1 fully saturated rings. The average molecular weight is 670 g/mol. The number of carbonyl (C=O) groups excluding carboxylic acids is 2. The zero-order valence-electron chi connectivity index (χ0n) is 26.9. The second-order valence-electron chi connectivity index (χ2n) is 11.9. The summed E-state index contributed by atoms with van der Waals surface area (Å²) < 4.78 is 13.1. The highest BCUT2D eigenvalue weighted by Gasteiger charge is 2.32. The second-order valence-corrected chi connectivity index (χ2v) is 12.9. The first kappa shape index (κ1) is 35.3. The number of benzene rings is 3. The molecular formula is C38H43N3O6S. The molecule has 2 heterocycles. The lowest BCUT2D eigenvalue weighted by Gasteiger charge is -2.36. The molecule has 1 aliphatic rings. The Morgan fingerprint density at radius 3 is 2.27 bits per heavy atom. The molecule has 2 amide bonds. The van der Waals surface area contributed by atoms with Crippen molar-refractivity contribution in [3.05, 3.63) is 119 Å². The first-order valence-corrected chi connectivity index (χ1v) is 17.4. The number of aromatic nitrogens is 1. The van der Waals surface area contributed by atoms with Gasteiger partial charge in [0.1, 0.15) is 0 Å². The third-order valence-corrected chi connectivity index (χ3v) is 9.34. The lowest BCUT2D eigenvalue weighted by atomic mass is 9.99. The smallest absolute Gasteiger partial charge is 0.243 e. The van der Waals surface area contributed by atoms with Crippen LogP contribution in [0.25, 0.3) is 11.1 Å². The van der Waals surface area contributed by atoms with E-state index >= 15 is 0 Å². The number of pyridine rings is 1. The Bertz CT molecular complexity index is 1600. The number of nitrogens with zero attached hydrogens (tertiary/aromatic N) is 1. The summed E-state index contributed by atoms with van der Waals surface area (Å²) in [4.78, 5) is 28.0. The molecule has 1 aromatic heterocycles. The summed E-state index contributed by atoms with van der Waals surface area (Å²) in [5.74, 6) is 0.352. The molecule has 0 saturated carbocycles. The van der Waals surface area contributed by atoms with E-state index in [0.717, 1.165) is 63.4 Å². The first-order chi connectivity index (χ1) is 23.5. The Morgan fingerprint density at radius 1 is 0.792 bits per heavy atom. The molecule has 1 aliphatic heterocycles. The molecule has 5 rings (SSSR count). The molecule has 9 nitrogen and oxygen atoms in total. The van der Waals surface area contributed by atoms with Crippen molar-refractivity contribution >= 4 is 23.6 Å². The van der Waals surface area contributed by atoms with Crippen molar-refractivity contribution in [2.24, 2.45) is 0 Å². The number of amides is 2. The van der Waals surface area contributed by atoms with Crippen LogP contribution in [0.3, 0.4) is 0 Å². The summed E-state index contributed by atoms with van der Waals surface area (Å²) in [7, 11) is 0. The quantitative estimate of drug-likeness (QED) is 0.0433. The number of rotatable bonds is 16. The number of unbranched alkanes of at least 4 members (excludes halogenated alkanes) is 3. The third kappa shape index (κ3) is 10.7. The monoisotopic (exact) mass is 669 g/mol. The Balaban J connectivity index is 1.21. The molecule has 48 heavy (non-hydrogen) atoms. The van der Waals surface area contributed by atoms with Gasteiger partial charge < -0.3 is 19.9 Å². The molecule has 10 heteroatoms. The molecule has 4 N–H and O–H groups in total. The van der Waals surface area contributed by atoms with Gasteiger partial charge in [-0.05, 0) is 64.9 Å². The minimum atomic E-state index is -0.565. The summed E-state index contributed by atoms with van der Waals surface area (Å²) in [6, 6.07) is 30.2. The van der Waals surface area contributed by atoms with Crippen molar-refractivity contribution < 1.29 is 29.4 Å². The zero-order valence-corrected chi connectivity index (χ0v) is 27.7. The molecule has 1 saturated heterocycles. The lowest BCUT2D eigenvalue weighted by Crippen LogP contribution is -2.31. The Labute approximate surface area is 286 Å². The van der Waals surface area contributed by atoms with Crippen molar-refractivity contribution in [2.45, 2.75) is 81.6 Å². The average Bonchev–Trinajstić information content (AvgIpc) is 3.15. The lowest BCUT2D eigenvalue weighted by molar-refractivity contribution is -0.245. The third-order valence-electron chi connectivity index (χ3n) is 8.26. The van der Waals surface area contributed by atoms with E-state index < -0.39 is 6.29 Å². The van der Waals surface area contributed by atoms with Crippen LogP contribution in [-0.4, -0.2) is 39.0 Å². The van der Waals surface area contributed by atoms with E-state index in [9.17, 15) is 14.7 Å². The molecule has 3 aromatic carbocycles. The predicted molar refractivity (Wildman–Crippen MR) is 185 cm³/mol. The van der Waals surface area contributed by atoms with Crippen LogP contribution < -0.4 is 10.8 Å². The highest BCUT2D eigenvalue weighted by Crippen LogP contribution is 2.40. The SMILES string of the molecule is O=C(CCCCCCC(=O)NCc1cccc(-c2cccc(C3OC(CSc4ccccn4)CC(c4ccc(CO)cc4)O3)c2)c1)NO. The van der Waals surface area contributed by atoms with Gasteiger partial charge in [-0.15, -0.1) is 11.8 Å². The van der Waals surface area contributed by atoms with Gasteiger partial charge in [-0.25, -0.2) is 10.5 Å². The number of thioether (sulfide) groups is 1. The zero-order chi connectivity index (χ0) is 33.6. The molecule has 252 valence electrons. The maximum atomic E-state index is 12.4. The number of carbonyl (C=O) groups is 2. The normalized spacial score (nSPS) is 17.5. The maximum absolute atomic E-state index is 12.4. The Hall–Kier alpha value is -4.06. The van der Waals surface area contributed by atoms with Crippen molar-refractivity contribution in [3.8, 4) is 11.1 Å². The van der Waals surface area contributed by atoms with Crippen LogP contribution in [0.4, 0.5) is 0 Å². The highest BCUT2D eigenvalue weighted by molar-refractivity contribution is 7.99. The number of hydroxylamine groups is 1. The van der Waals surface area contributed by atoms with Crippen LogP contribution in [0.2, 0.25) is 0 Å². The first-order valence-electron chi connectivity index (χ1n) is 16.4. The fourth-order valence-corrected chi connectivity index (χ4v) is 6.51. The van der Waals surface area contributed by atoms with Crippen LogP contribution in [0, 0.1) is 0 Å². The van der Waals surface area contributed by atoms with Crippen LogP contribution in [0.1, 0.15) is 79.6 Å². The van der Waals surface area contributed by atoms with Crippen molar-refractivity contribution in [1.82, 2.24) is 15.8 Å². The second kappa shape index (κ2) is 18.5. The van der Waals surface area contributed by atoms with E-state index in [2.05, 4.69) is 34.6 Å². The van der Waals surface area contributed by atoms with Gasteiger partial charge in [0.15, 0.2) is 6.29 Å². The van der Waals surface area contributed by atoms with Gasteiger partial charge in [-0.3, -0.25) is 14.8 Å². The predicted octanol–water partition coefficient (Wildman–Crippen LogP) is 7.04. The standard InChI is InChI=1S/C38H43N3O6S/c42-25-27-16-18-29(19-17-27)34-23-33(26-48-37-15-5-6-20-39-37)46-38(47-34)32-12-8-11-31(22-32)30-10-7-9-28(21-30)24-40-35(43)13-3-1-2-4-14-36(44)41-45/h5-12,15-22,33-34,38,42,45H,1-4,13-14,23-26H2,(H,40,43)(H,41,44). The van der Waals surface area contributed by atoms with Gasteiger partial charge in [0, 0.05) is 43.3 Å². The van der Waals surface area contributed by atoms with E-state index in [0.29, 0.717) is 25.8 Å². The van der Waals surface area contributed by atoms with Gasteiger partial charge in [-0.1, -0.05) is 79.6 Å². The van der Waals surface area contributed by atoms with E-state index in [1.807, 2.05) is 66.7 Å². The number of hydrogen-bond donors (Lipinski definition) is 4. The topological polar surface area (TPSA) is 130 Å². The number of nitrogens with one attached hydrogen (secondary N) is 2. The summed E-state index contributed by atoms with van der Waals surface area (Å²) in [5.41, 5.74) is 7.53. The molecule has 0 bridgehead atoms. The fourth-order valence-electron chi connectivity index (χ4n) is 5.63. The fraction of sp³-hybridized carbons (Fsp3) is 0.342. The Morgan fingerprint density at radius 2 is 1.54 bits per heavy atom. The van der Waals surface area contributed by atoms with E-state index in [1.54, 1.807) is 23.4 Å². The van der Waals surface area contributed by atoms with Crippen LogP contribution in [0.15, 0.2) is 102 Å². The minimum absolute atomic E-state index is 0.00147. The summed E-state index contributed by atoms with van der Waals surface area (Å²) >= 11 is 1.67. The minimum Gasteiger partial charge on any atom is -0.392 e. The molecule has 4 aromatic rings. The molecule has 0 radical (unpaired) electrons. The van der Waals surface area contributed by atoms with Crippen molar-refractivity contribution in [2.75, 3.05) is 5.75 Å². The van der Waals surface area contributed by atoms with Crippen molar-refractivity contribution in [1.29, 1.82) is 0 Å². The van der Waals surface area contributed by atoms with Gasteiger partial charge in [0.05, 0.1) is 23.8 Å². The summed E-state index contributed by atoms with van der Waals surface area (Å²) in [6.07, 6.45) is 5.54. The molecule has 3 unspecified atom stereocenters. The summed E-state index contributed by atoms with van der Waals surface area (Å²) in [5, 5.41) is 22.0. The number of hydrogen-bond acceptors (Lipinski definition) is 8. The van der Waals surface area contributed by atoms with E-state index in [4.69, 9.17) is 14.7 Å². The summed E-state index contributed by atoms with van der Waals surface area (Å²) in [6.45, 7) is 0.433. The van der Waals surface area contributed by atoms with Gasteiger partial charge in [0.25, 0.3) is 0 Å². The van der Waals surface area contributed by atoms with Crippen LogP contribution >= 0.6 is 11.8 Å². The molecule has 0 spiro atoms. The van der Waals surface area contributed by atoms with Gasteiger partial charge in [-0.2, -0.15) is 0 Å². The molecule has 0 aliphatic carbocycles. The molecular weight excluding hydrogens is 627 g/mol. The van der Waals surface area contributed by atoms with Crippen molar-refractivity contribution in [3.63, 3.8) is 0 Å². The Kier molecular flexibility index (Phi) is 13.6. The van der Waals surface area contributed by atoms with Crippen LogP contribution in [0.5, 0.6) is 0 Å².